The average molecular weight is 370 g/mol. The van der Waals surface area contributed by atoms with Crippen LogP contribution in [0.3, 0.4) is 0 Å². The lowest BCUT2D eigenvalue weighted by atomic mass is 10.1. The molecule has 0 unspecified atom stereocenters. The predicted octanol–water partition coefficient (Wildman–Crippen LogP) is 2.29. The molecule has 1 heterocycles. The zero-order valence-electron chi connectivity index (χ0n) is 13.0. The second kappa shape index (κ2) is 8.14. The Morgan fingerprint density at radius 2 is 2.08 bits per heavy atom. The van der Waals surface area contributed by atoms with Crippen molar-refractivity contribution in [2.75, 3.05) is 12.3 Å². The van der Waals surface area contributed by atoms with Gasteiger partial charge < -0.3 is 10.5 Å². The van der Waals surface area contributed by atoms with E-state index in [2.05, 4.69) is 15.4 Å². The minimum atomic E-state index is -0.454. The molecular weight excluding hydrogens is 353 g/mol. The Balaban J connectivity index is 2.03. The summed E-state index contributed by atoms with van der Waals surface area (Å²) in [4.78, 5) is 20.0. The van der Waals surface area contributed by atoms with E-state index in [1.807, 2.05) is 0 Å². The molecule has 0 fully saturated rings. The van der Waals surface area contributed by atoms with Crippen molar-refractivity contribution < 1.29 is 9.53 Å². The monoisotopic (exact) mass is 369 g/mol. The number of carbonyl (C=O) groups is 1. The summed E-state index contributed by atoms with van der Waals surface area (Å²) in [5, 5.41) is 0.976. The van der Waals surface area contributed by atoms with E-state index in [4.69, 9.17) is 39.5 Å². The van der Waals surface area contributed by atoms with E-state index >= 15 is 0 Å². The van der Waals surface area contributed by atoms with Crippen molar-refractivity contribution in [3.63, 3.8) is 0 Å². The van der Waals surface area contributed by atoms with Crippen molar-refractivity contribution in [3.8, 4) is 5.75 Å². The van der Waals surface area contributed by atoms with Crippen molar-refractivity contribution in [2.24, 2.45) is 5.84 Å². The van der Waals surface area contributed by atoms with Gasteiger partial charge in [-0.2, -0.15) is 0 Å². The van der Waals surface area contributed by atoms with Gasteiger partial charge in [0.25, 0.3) is 5.91 Å². The maximum atomic E-state index is 11.9. The van der Waals surface area contributed by atoms with Crippen LogP contribution in [0.2, 0.25) is 10.0 Å². The molecule has 1 aromatic heterocycles. The third-order valence-corrected chi connectivity index (χ3v) is 3.78. The number of hydrazine groups is 1. The van der Waals surface area contributed by atoms with E-state index in [9.17, 15) is 4.79 Å². The molecule has 0 aliphatic carbocycles. The van der Waals surface area contributed by atoms with Gasteiger partial charge in [-0.3, -0.25) is 10.2 Å². The summed E-state index contributed by atoms with van der Waals surface area (Å²) in [5.74, 6) is 5.40. The summed E-state index contributed by atoms with van der Waals surface area (Å²) in [6.07, 6.45) is 1.07. The lowest BCUT2D eigenvalue weighted by Crippen LogP contribution is -2.32. The first-order chi connectivity index (χ1) is 11.4. The molecule has 1 aromatic carbocycles. The van der Waals surface area contributed by atoms with Gasteiger partial charge >= 0.3 is 0 Å². The summed E-state index contributed by atoms with van der Waals surface area (Å²) < 4.78 is 5.61. The second-order valence-electron chi connectivity index (χ2n) is 4.99. The van der Waals surface area contributed by atoms with E-state index in [1.54, 1.807) is 25.1 Å². The topological polar surface area (TPSA) is 116 Å². The average Bonchev–Trinajstić information content (AvgIpc) is 2.52. The molecule has 5 N–H and O–H groups in total. The third-order valence-electron chi connectivity index (χ3n) is 3.25. The van der Waals surface area contributed by atoms with Crippen LogP contribution in [0, 0.1) is 6.92 Å². The maximum Gasteiger partial charge on any atom is 0.268 e. The fourth-order valence-corrected chi connectivity index (χ4v) is 2.68. The molecule has 0 atom stereocenters. The highest BCUT2D eigenvalue weighted by atomic mass is 35.5. The van der Waals surface area contributed by atoms with Crippen LogP contribution in [0.25, 0.3) is 0 Å². The van der Waals surface area contributed by atoms with Gasteiger partial charge in [0.05, 0.1) is 28.6 Å². The molecule has 0 aliphatic heterocycles. The number of nitrogens with two attached hydrogens (primary N) is 2. The van der Waals surface area contributed by atoms with E-state index in [-0.39, 0.29) is 5.95 Å². The van der Waals surface area contributed by atoms with E-state index < -0.39 is 5.91 Å². The van der Waals surface area contributed by atoms with Gasteiger partial charge in [-0.05, 0) is 38.0 Å². The fraction of sp³-hybridized carbons (Fsp3) is 0.267. The number of aromatic nitrogens is 2. The Morgan fingerprint density at radius 1 is 1.33 bits per heavy atom. The number of nitrogens with one attached hydrogen (secondary N) is 1. The van der Waals surface area contributed by atoms with Gasteiger partial charge in [-0.25, -0.2) is 15.8 Å². The van der Waals surface area contributed by atoms with Gasteiger partial charge in [-0.1, -0.05) is 23.2 Å². The van der Waals surface area contributed by atoms with Gasteiger partial charge in [0, 0.05) is 5.02 Å². The zero-order chi connectivity index (χ0) is 17.7. The highest BCUT2D eigenvalue weighted by Crippen LogP contribution is 2.27. The Morgan fingerprint density at radius 3 is 2.75 bits per heavy atom. The summed E-state index contributed by atoms with van der Waals surface area (Å²) in [7, 11) is 0. The number of aryl methyl sites for hydroxylation is 2. The molecule has 9 heteroatoms. The normalized spacial score (nSPS) is 10.5. The van der Waals surface area contributed by atoms with Crippen molar-refractivity contribution >= 4 is 35.1 Å². The van der Waals surface area contributed by atoms with Crippen molar-refractivity contribution in [1.82, 2.24) is 15.4 Å². The van der Waals surface area contributed by atoms with Gasteiger partial charge in [0.1, 0.15) is 5.75 Å². The smallest absolute Gasteiger partial charge is 0.268 e. The molecule has 0 radical (unpaired) electrons. The number of rotatable bonds is 6. The number of hydrogen-bond donors (Lipinski definition) is 3. The second-order valence-corrected chi connectivity index (χ2v) is 5.83. The Kier molecular flexibility index (Phi) is 6.19. The number of nitrogens with zero attached hydrogens (tertiary/aromatic N) is 2. The number of halogens is 2. The van der Waals surface area contributed by atoms with Gasteiger partial charge in [0.15, 0.2) is 0 Å². The summed E-state index contributed by atoms with van der Waals surface area (Å²) in [5.41, 5.74) is 9.07. The molecule has 0 bridgehead atoms. The van der Waals surface area contributed by atoms with E-state index in [0.29, 0.717) is 52.2 Å². The maximum absolute atomic E-state index is 11.9. The lowest BCUT2D eigenvalue weighted by molar-refractivity contribution is 0.0951. The number of carbonyl (C=O) groups excluding carboxylic acids is 1. The van der Waals surface area contributed by atoms with Crippen molar-refractivity contribution in [1.29, 1.82) is 0 Å². The molecule has 2 rings (SSSR count). The van der Waals surface area contributed by atoms with Crippen LogP contribution in [-0.2, 0) is 6.42 Å². The third kappa shape index (κ3) is 4.47. The van der Waals surface area contributed by atoms with Crippen molar-refractivity contribution in [3.05, 3.63) is 45.2 Å². The highest BCUT2D eigenvalue weighted by molar-refractivity contribution is 6.35. The summed E-state index contributed by atoms with van der Waals surface area (Å²) in [6.45, 7) is 2.06. The van der Waals surface area contributed by atoms with Crippen LogP contribution < -0.4 is 21.7 Å². The Labute approximate surface area is 149 Å². The number of hydrogen-bond acceptors (Lipinski definition) is 6. The number of amides is 1. The van der Waals surface area contributed by atoms with Crippen LogP contribution in [0.15, 0.2) is 18.2 Å². The summed E-state index contributed by atoms with van der Waals surface area (Å²) in [6, 6.07) is 5.00. The minimum absolute atomic E-state index is 0.109. The van der Waals surface area contributed by atoms with E-state index in [0.717, 1.165) is 0 Å². The Bertz CT molecular complexity index is 755. The van der Waals surface area contributed by atoms with Gasteiger partial charge in [-0.15, -0.1) is 0 Å². The molecule has 0 spiro atoms. The minimum Gasteiger partial charge on any atom is -0.492 e. The number of nitrogen functional groups attached to an aromatic ring is 2. The molecule has 1 amide bonds. The Hall–Kier alpha value is -2.09. The lowest BCUT2D eigenvalue weighted by Gasteiger charge is -2.12. The standard InChI is InChI=1S/C15H17Cl2N5O2/c1-8-13(14(23)22-19)11(21-15(18)20-8)3-2-6-24-12-5-4-9(16)7-10(12)17/h4-5,7H,2-3,6,19H2,1H3,(H,22,23)(H2,18,20,21). The summed E-state index contributed by atoms with van der Waals surface area (Å²) >= 11 is 11.9. The molecule has 0 saturated carbocycles. The van der Waals surface area contributed by atoms with Crippen LogP contribution >= 0.6 is 23.2 Å². The predicted molar refractivity (Wildman–Crippen MR) is 93.1 cm³/mol. The molecule has 24 heavy (non-hydrogen) atoms. The van der Waals surface area contributed by atoms with Crippen LogP contribution in [0.1, 0.15) is 28.2 Å². The highest BCUT2D eigenvalue weighted by Gasteiger charge is 2.17. The molecule has 0 aliphatic rings. The fourth-order valence-electron chi connectivity index (χ4n) is 2.22. The molecule has 2 aromatic rings. The molecule has 0 saturated heterocycles. The van der Waals surface area contributed by atoms with Crippen LogP contribution in [0.4, 0.5) is 5.95 Å². The zero-order valence-corrected chi connectivity index (χ0v) is 14.5. The first kappa shape index (κ1) is 18.3. The first-order valence-corrected chi connectivity index (χ1v) is 7.89. The van der Waals surface area contributed by atoms with Crippen LogP contribution in [0.5, 0.6) is 5.75 Å². The SMILES string of the molecule is Cc1nc(N)nc(CCCOc2ccc(Cl)cc2Cl)c1C(=O)NN. The largest absolute Gasteiger partial charge is 0.492 e. The first-order valence-electron chi connectivity index (χ1n) is 7.14. The number of benzene rings is 1. The van der Waals surface area contributed by atoms with Crippen LogP contribution in [-0.4, -0.2) is 22.5 Å². The van der Waals surface area contributed by atoms with Crippen molar-refractivity contribution in [2.45, 2.75) is 19.8 Å². The molecular formula is C15H17Cl2N5O2. The molecule has 128 valence electrons. The quantitative estimate of drug-likeness (QED) is 0.311. The number of anilines is 1. The van der Waals surface area contributed by atoms with Gasteiger partial charge in [0.2, 0.25) is 5.95 Å². The number of ether oxygens (including phenoxy) is 1. The van der Waals surface area contributed by atoms with E-state index in [1.165, 1.54) is 0 Å². The molecule has 7 nitrogen and oxygen atoms in total.